The Morgan fingerprint density at radius 1 is 0.600 bits per heavy atom. The van der Waals surface area contributed by atoms with Gasteiger partial charge in [0.25, 0.3) is 0 Å². The number of rotatable bonds is 1. The van der Waals surface area contributed by atoms with Crippen LogP contribution in [0.5, 0.6) is 0 Å². The number of benzene rings is 4. The van der Waals surface area contributed by atoms with Gasteiger partial charge < -0.3 is 0 Å². The normalized spacial score (nSPS) is 11.6. The Hall–Kier alpha value is -2.64. The van der Waals surface area contributed by atoms with E-state index < -0.39 is 0 Å². The van der Waals surface area contributed by atoms with Crippen molar-refractivity contribution in [1.82, 2.24) is 0 Å². The molecule has 0 saturated heterocycles. The fourth-order valence-electron chi connectivity index (χ4n) is 3.92. The largest absolute Gasteiger partial charge is 0.140 e. The SMILES string of the molecule is Cc1ccc2cc3ccccc3c(-c3c(C)sc4ccccc34)c2c1. The summed E-state index contributed by atoms with van der Waals surface area (Å²) in [6, 6.07) is 26.7. The zero-order chi connectivity index (χ0) is 17.0. The van der Waals surface area contributed by atoms with E-state index in [9.17, 15) is 0 Å². The highest BCUT2D eigenvalue weighted by Gasteiger charge is 2.16. The summed E-state index contributed by atoms with van der Waals surface area (Å²) in [4.78, 5) is 1.39. The predicted molar refractivity (Wildman–Crippen MR) is 112 cm³/mol. The van der Waals surface area contributed by atoms with Crippen molar-refractivity contribution < 1.29 is 0 Å². The van der Waals surface area contributed by atoms with Crippen LogP contribution in [-0.2, 0) is 0 Å². The molecule has 0 aliphatic rings. The molecule has 0 amide bonds. The maximum Gasteiger partial charge on any atom is 0.0352 e. The van der Waals surface area contributed by atoms with Gasteiger partial charge in [0.15, 0.2) is 0 Å². The number of hydrogen-bond donors (Lipinski definition) is 0. The van der Waals surface area contributed by atoms with Crippen LogP contribution < -0.4 is 0 Å². The molecule has 1 heteroatoms. The Kier molecular flexibility index (Phi) is 3.19. The standard InChI is InChI=1S/C24H18S/c1-15-11-12-18-14-17-7-3-4-8-19(17)24(21(18)13-15)23-16(2)25-22-10-6-5-9-20(22)23/h3-14H,1-2H3. The fraction of sp³-hybridized carbons (Fsp3) is 0.0833. The van der Waals surface area contributed by atoms with E-state index in [1.165, 1.54) is 53.2 Å². The minimum absolute atomic E-state index is 1.31. The van der Waals surface area contributed by atoms with Crippen LogP contribution in [0, 0.1) is 13.8 Å². The Morgan fingerprint density at radius 2 is 1.32 bits per heavy atom. The second kappa shape index (κ2) is 5.44. The molecular formula is C24H18S. The van der Waals surface area contributed by atoms with E-state index in [2.05, 4.69) is 86.6 Å². The number of thiophene rings is 1. The van der Waals surface area contributed by atoms with E-state index in [4.69, 9.17) is 0 Å². The van der Waals surface area contributed by atoms with Gasteiger partial charge in [-0.05, 0) is 53.1 Å². The van der Waals surface area contributed by atoms with E-state index in [-0.39, 0.29) is 0 Å². The fourth-order valence-corrected chi connectivity index (χ4v) is 4.99. The van der Waals surface area contributed by atoms with Gasteiger partial charge >= 0.3 is 0 Å². The van der Waals surface area contributed by atoms with Crippen LogP contribution in [0.15, 0.2) is 72.8 Å². The Bertz CT molecular complexity index is 1260. The summed E-state index contributed by atoms with van der Waals surface area (Å²) in [5.41, 5.74) is 4.08. The van der Waals surface area contributed by atoms with Crippen LogP contribution in [0.2, 0.25) is 0 Å². The van der Waals surface area contributed by atoms with Crippen LogP contribution in [-0.4, -0.2) is 0 Å². The first-order valence-electron chi connectivity index (χ1n) is 8.63. The molecule has 0 bridgehead atoms. The summed E-state index contributed by atoms with van der Waals surface area (Å²) in [5.74, 6) is 0. The van der Waals surface area contributed by atoms with E-state index in [0.29, 0.717) is 0 Å². The lowest BCUT2D eigenvalue weighted by Crippen LogP contribution is -1.87. The highest BCUT2D eigenvalue weighted by molar-refractivity contribution is 7.19. The Morgan fingerprint density at radius 3 is 2.20 bits per heavy atom. The van der Waals surface area contributed by atoms with Crippen LogP contribution in [0.3, 0.4) is 0 Å². The molecule has 1 aromatic heterocycles. The lowest BCUT2D eigenvalue weighted by molar-refractivity contribution is 1.51. The van der Waals surface area contributed by atoms with Gasteiger partial charge in [-0.15, -0.1) is 11.3 Å². The molecule has 0 aliphatic carbocycles. The molecule has 120 valence electrons. The molecule has 0 aliphatic heterocycles. The minimum atomic E-state index is 1.31. The zero-order valence-corrected chi connectivity index (χ0v) is 15.2. The van der Waals surface area contributed by atoms with Crippen LogP contribution in [0.1, 0.15) is 10.4 Å². The van der Waals surface area contributed by atoms with Crippen LogP contribution in [0.25, 0.3) is 42.8 Å². The molecule has 0 fully saturated rings. The molecule has 0 saturated carbocycles. The first-order chi connectivity index (χ1) is 12.2. The van der Waals surface area contributed by atoms with Gasteiger partial charge in [-0.1, -0.05) is 66.2 Å². The molecule has 5 aromatic rings. The van der Waals surface area contributed by atoms with Gasteiger partial charge in [-0.3, -0.25) is 0 Å². The molecule has 1 heterocycles. The summed E-state index contributed by atoms with van der Waals surface area (Å²) in [5, 5.41) is 6.68. The molecule has 0 unspecified atom stereocenters. The van der Waals surface area contributed by atoms with Crippen molar-refractivity contribution in [2.75, 3.05) is 0 Å². The van der Waals surface area contributed by atoms with Crippen molar-refractivity contribution >= 4 is 43.0 Å². The first-order valence-corrected chi connectivity index (χ1v) is 9.44. The average molecular weight is 338 g/mol. The summed E-state index contributed by atoms with van der Waals surface area (Å²) in [7, 11) is 0. The molecule has 0 N–H and O–H groups in total. The maximum atomic E-state index is 2.34. The van der Waals surface area contributed by atoms with Crippen LogP contribution in [0.4, 0.5) is 0 Å². The van der Waals surface area contributed by atoms with Crippen LogP contribution >= 0.6 is 11.3 Å². The van der Waals surface area contributed by atoms with Gasteiger partial charge in [0.1, 0.15) is 0 Å². The van der Waals surface area contributed by atoms with Gasteiger partial charge in [0.05, 0.1) is 0 Å². The smallest absolute Gasteiger partial charge is 0.0352 e. The second-order valence-corrected chi connectivity index (χ2v) is 7.98. The lowest BCUT2D eigenvalue weighted by atomic mass is 9.90. The average Bonchev–Trinajstić information content (AvgIpc) is 2.95. The molecule has 0 atom stereocenters. The quantitative estimate of drug-likeness (QED) is 0.278. The van der Waals surface area contributed by atoms with Gasteiger partial charge in [-0.25, -0.2) is 0 Å². The van der Waals surface area contributed by atoms with Gasteiger partial charge in [0, 0.05) is 20.5 Å². The van der Waals surface area contributed by atoms with E-state index >= 15 is 0 Å². The first kappa shape index (κ1) is 14.7. The zero-order valence-electron chi connectivity index (χ0n) is 14.3. The topological polar surface area (TPSA) is 0 Å². The summed E-state index contributed by atoms with van der Waals surface area (Å²) in [6.45, 7) is 4.43. The predicted octanol–water partition coefficient (Wildman–Crippen LogP) is 7.49. The molecule has 0 radical (unpaired) electrons. The third kappa shape index (κ3) is 2.20. The summed E-state index contributed by atoms with van der Waals surface area (Å²) < 4.78 is 1.36. The van der Waals surface area contributed by atoms with Crippen molar-refractivity contribution in [3.8, 4) is 11.1 Å². The number of aryl methyl sites for hydroxylation is 2. The lowest BCUT2D eigenvalue weighted by Gasteiger charge is -2.13. The highest BCUT2D eigenvalue weighted by Crippen LogP contribution is 2.44. The van der Waals surface area contributed by atoms with Gasteiger partial charge in [-0.2, -0.15) is 0 Å². The van der Waals surface area contributed by atoms with E-state index in [1.54, 1.807) is 0 Å². The highest BCUT2D eigenvalue weighted by atomic mass is 32.1. The molecule has 4 aromatic carbocycles. The number of hydrogen-bond acceptors (Lipinski definition) is 1. The number of fused-ring (bicyclic) bond motifs is 3. The van der Waals surface area contributed by atoms with Crippen molar-refractivity contribution in [3.05, 3.63) is 83.2 Å². The van der Waals surface area contributed by atoms with Crippen molar-refractivity contribution in [2.45, 2.75) is 13.8 Å². The van der Waals surface area contributed by atoms with Crippen molar-refractivity contribution in [2.24, 2.45) is 0 Å². The third-order valence-electron chi connectivity index (χ3n) is 5.04. The maximum absolute atomic E-state index is 2.34. The molecule has 25 heavy (non-hydrogen) atoms. The third-order valence-corrected chi connectivity index (χ3v) is 6.13. The second-order valence-electron chi connectivity index (χ2n) is 6.73. The molecule has 0 spiro atoms. The van der Waals surface area contributed by atoms with E-state index in [1.807, 2.05) is 11.3 Å². The minimum Gasteiger partial charge on any atom is -0.140 e. The Balaban J connectivity index is 2.06. The van der Waals surface area contributed by atoms with E-state index in [0.717, 1.165) is 0 Å². The molecular weight excluding hydrogens is 320 g/mol. The van der Waals surface area contributed by atoms with Gasteiger partial charge in [0.2, 0.25) is 0 Å². The summed E-state index contributed by atoms with van der Waals surface area (Å²) >= 11 is 1.89. The molecule has 0 nitrogen and oxygen atoms in total. The van der Waals surface area contributed by atoms with Crippen molar-refractivity contribution in [3.63, 3.8) is 0 Å². The van der Waals surface area contributed by atoms with Crippen molar-refractivity contribution in [1.29, 1.82) is 0 Å². The summed E-state index contributed by atoms with van der Waals surface area (Å²) in [6.07, 6.45) is 0. The monoisotopic (exact) mass is 338 g/mol. The Labute approximate surface area is 151 Å². The molecule has 5 rings (SSSR count).